The van der Waals surface area contributed by atoms with Crippen molar-refractivity contribution in [3.05, 3.63) is 23.5 Å². The number of aryl methyl sites for hydroxylation is 2. The summed E-state index contributed by atoms with van der Waals surface area (Å²) in [6.07, 6.45) is 0.123. The SMILES string of the molecule is Cc1cc(N2CCOC(C(C)N)C2)cc(C)n1. The molecule has 0 amide bonds. The number of hydrogen-bond acceptors (Lipinski definition) is 4. The molecule has 4 heteroatoms. The Kier molecular flexibility index (Phi) is 3.64. The summed E-state index contributed by atoms with van der Waals surface area (Å²) in [5.74, 6) is 0. The standard InChI is InChI=1S/C13H21N3O/c1-9-6-12(7-10(2)15-9)16-4-5-17-13(8-16)11(3)14/h6-7,11,13H,4-5,8,14H2,1-3H3. The van der Waals surface area contributed by atoms with E-state index in [4.69, 9.17) is 10.5 Å². The largest absolute Gasteiger partial charge is 0.373 e. The summed E-state index contributed by atoms with van der Waals surface area (Å²) in [6.45, 7) is 8.58. The van der Waals surface area contributed by atoms with Gasteiger partial charge in [0.25, 0.3) is 0 Å². The van der Waals surface area contributed by atoms with Gasteiger partial charge in [0, 0.05) is 36.2 Å². The van der Waals surface area contributed by atoms with E-state index in [1.165, 1.54) is 5.69 Å². The zero-order chi connectivity index (χ0) is 12.4. The van der Waals surface area contributed by atoms with Crippen molar-refractivity contribution < 1.29 is 4.74 Å². The van der Waals surface area contributed by atoms with Gasteiger partial charge in [-0.05, 0) is 32.9 Å². The molecule has 0 saturated carbocycles. The van der Waals surface area contributed by atoms with Crippen LogP contribution in [-0.2, 0) is 4.74 Å². The van der Waals surface area contributed by atoms with Crippen LogP contribution >= 0.6 is 0 Å². The first-order chi connectivity index (χ1) is 8.06. The van der Waals surface area contributed by atoms with E-state index in [0.717, 1.165) is 31.1 Å². The van der Waals surface area contributed by atoms with E-state index >= 15 is 0 Å². The maximum Gasteiger partial charge on any atom is 0.0898 e. The Balaban J connectivity index is 2.16. The number of pyridine rings is 1. The molecule has 1 aliphatic rings. The fraction of sp³-hybridized carbons (Fsp3) is 0.615. The average molecular weight is 235 g/mol. The molecule has 1 saturated heterocycles. The van der Waals surface area contributed by atoms with Crippen LogP contribution in [0.2, 0.25) is 0 Å². The molecule has 2 N–H and O–H groups in total. The summed E-state index contributed by atoms with van der Waals surface area (Å²) in [6, 6.07) is 4.31. The fourth-order valence-corrected chi connectivity index (χ4v) is 2.22. The highest BCUT2D eigenvalue weighted by Gasteiger charge is 2.23. The molecule has 94 valence electrons. The lowest BCUT2D eigenvalue weighted by atomic mass is 10.1. The second kappa shape index (κ2) is 5.02. The number of nitrogens with two attached hydrogens (primary N) is 1. The lowest BCUT2D eigenvalue weighted by molar-refractivity contribution is 0.0276. The molecule has 0 spiro atoms. The van der Waals surface area contributed by atoms with Crippen LogP contribution in [0.5, 0.6) is 0 Å². The molecule has 0 radical (unpaired) electrons. The molecule has 0 bridgehead atoms. The van der Waals surface area contributed by atoms with Crippen molar-refractivity contribution in [1.29, 1.82) is 0 Å². The summed E-state index contributed by atoms with van der Waals surface area (Å²) in [5.41, 5.74) is 9.25. The maximum atomic E-state index is 5.90. The third kappa shape index (κ3) is 2.96. The first-order valence-electron chi connectivity index (χ1n) is 6.13. The van der Waals surface area contributed by atoms with Crippen molar-refractivity contribution in [3.8, 4) is 0 Å². The van der Waals surface area contributed by atoms with Crippen LogP contribution in [0.1, 0.15) is 18.3 Å². The Morgan fingerprint density at radius 3 is 2.65 bits per heavy atom. The van der Waals surface area contributed by atoms with Crippen LogP contribution in [-0.4, -0.2) is 36.8 Å². The Bertz CT molecular complexity index is 372. The normalized spacial score (nSPS) is 22.6. The topological polar surface area (TPSA) is 51.4 Å². The van der Waals surface area contributed by atoms with Gasteiger partial charge in [0.05, 0.1) is 12.7 Å². The van der Waals surface area contributed by atoms with Crippen molar-refractivity contribution in [3.63, 3.8) is 0 Å². The number of aromatic nitrogens is 1. The Hall–Kier alpha value is -1.13. The highest BCUT2D eigenvalue weighted by atomic mass is 16.5. The first-order valence-corrected chi connectivity index (χ1v) is 6.13. The molecule has 1 fully saturated rings. The number of ether oxygens (including phenoxy) is 1. The van der Waals surface area contributed by atoms with Gasteiger partial charge in [0.2, 0.25) is 0 Å². The van der Waals surface area contributed by atoms with Gasteiger partial charge in [-0.15, -0.1) is 0 Å². The number of hydrogen-bond donors (Lipinski definition) is 1. The van der Waals surface area contributed by atoms with E-state index in [9.17, 15) is 0 Å². The quantitative estimate of drug-likeness (QED) is 0.838. The number of anilines is 1. The highest BCUT2D eigenvalue weighted by Crippen LogP contribution is 2.20. The highest BCUT2D eigenvalue weighted by molar-refractivity contribution is 5.48. The van der Waals surface area contributed by atoms with E-state index in [1.807, 2.05) is 20.8 Å². The third-order valence-electron chi connectivity index (χ3n) is 3.11. The van der Waals surface area contributed by atoms with Crippen LogP contribution < -0.4 is 10.6 Å². The lowest BCUT2D eigenvalue weighted by Gasteiger charge is -2.36. The molecule has 17 heavy (non-hydrogen) atoms. The molecule has 0 aliphatic carbocycles. The minimum Gasteiger partial charge on any atom is -0.373 e. The van der Waals surface area contributed by atoms with Gasteiger partial charge < -0.3 is 15.4 Å². The van der Waals surface area contributed by atoms with E-state index in [-0.39, 0.29) is 12.1 Å². The van der Waals surface area contributed by atoms with Crippen molar-refractivity contribution >= 4 is 5.69 Å². The van der Waals surface area contributed by atoms with Crippen molar-refractivity contribution in [2.24, 2.45) is 5.73 Å². The summed E-state index contributed by atoms with van der Waals surface area (Å²) < 4.78 is 5.67. The fourth-order valence-electron chi connectivity index (χ4n) is 2.22. The van der Waals surface area contributed by atoms with Gasteiger partial charge in [0.1, 0.15) is 0 Å². The molecule has 2 rings (SSSR count). The number of rotatable bonds is 2. The molecule has 2 atom stereocenters. The van der Waals surface area contributed by atoms with Gasteiger partial charge in [0.15, 0.2) is 0 Å². The summed E-state index contributed by atoms with van der Waals surface area (Å²) >= 11 is 0. The Labute approximate surface area is 103 Å². The van der Waals surface area contributed by atoms with Crippen LogP contribution in [0.3, 0.4) is 0 Å². The van der Waals surface area contributed by atoms with Gasteiger partial charge in [-0.2, -0.15) is 0 Å². The molecule has 2 unspecified atom stereocenters. The summed E-state index contributed by atoms with van der Waals surface area (Å²) in [4.78, 5) is 6.73. The van der Waals surface area contributed by atoms with Gasteiger partial charge in [-0.1, -0.05) is 0 Å². The molecule has 4 nitrogen and oxygen atoms in total. The van der Waals surface area contributed by atoms with Crippen LogP contribution in [0.25, 0.3) is 0 Å². The van der Waals surface area contributed by atoms with Gasteiger partial charge in [-0.3, -0.25) is 4.98 Å². The van der Waals surface area contributed by atoms with Crippen LogP contribution in [0.4, 0.5) is 5.69 Å². The van der Waals surface area contributed by atoms with Gasteiger partial charge >= 0.3 is 0 Å². The van der Waals surface area contributed by atoms with E-state index in [1.54, 1.807) is 0 Å². The minimum absolute atomic E-state index is 0.0711. The lowest BCUT2D eigenvalue weighted by Crippen LogP contribution is -2.49. The van der Waals surface area contributed by atoms with Crippen molar-refractivity contribution in [2.75, 3.05) is 24.6 Å². The Morgan fingerprint density at radius 2 is 2.06 bits per heavy atom. The Morgan fingerprint density at radius 1 is 1.41 bits per heavy atom. The maximum absolute atomic E-state index is 5.90. The number of morpholine rings is 1. The van der Waals surface area contributed by atoms with E-state index in [0.29, 0.717) is 0 Å². The molecular formula is C13H21N3O. The zero-order valence-corrected chi connectivity index (χ0v) is 10.8. The second-order valence-corrected chi connectivity index (χ2v) is 4.82. The smallest absolute Gasteiger partial charge is 0.0898 e. The molecule has 1 aliphatic heterocycles. The molecule has 0 aromatic carbocycles. The minimum atomic E-state index is 0.0711. The van der Waals surface area contributed by atoms with Gasteiger partial charge in [-0.25, -0.2) is 0 Å². The monoisotopic (exact) mass is 235 g/mol. The second-order valence-electron chi connectivity index (χ2n) is 4.82. The summed E-state index contributed by atoms with van der Waals surface area (Å²) in [5, 5.41) is 0. The molecular weight excluding hydrogens is 214 g/mol. The predicted octanol–water partition coefficient (Wildman–Crippen LogP) is 1.25. The summed E-state index contributed by atoms with van der Waals surface area (Å²) in [7, 11) is 0. The van der Waals surface area contributed by atoms with E-state index in [2.05, 4.69) is 22.0 Å². The first kappa shape index (κ1) is 12.3. The van der Waals surface area contributed by atoms with Crippen molar-refractivity contribution in [1.82, 2.24) is 4.98 Å². The van der Waals surface area contributed by atoms with Crippen LogP contribution in [0.15, 0.2) is 12.1 Å². The molecule has 1 aromatic rings. The average Bonchev–Trinajstić information content (AvgIpc) is 2.28. The zero-order valence-electron chi connectivity index (χ0n) is 10.8. The van der Waals surface area contributed by atoms with E-state index < -0.39 is 0 Å². The number of nitrogens with zero attached hydrogens (tertiary/aromatic N) is 2. The van der Waals surface area contributed by atoms with Crippen LogP contribution in [0, 0.1) is 13.8 Å². The van der Waals surface area contributed by atoms with Crippen molar-refractivity contribution in [2.45, 2.75) is 32.9 Å². The predicted molar refractivity (Wildman–Crippen MR) is 69.3 cm³/mol. The molecule has 1 aromatic heterocycles. The third-order valence-corrected chi connectivity index (χ3v) is 3.11. The molecule has 2 heterocycles.